The van der Waals surface area contributed by atoms with Crippen molar-refractivity contribution >= 4 is 42.3 Å². The first-order chi connectivity index (χ1) is 19.0. The Morgan fingerprint density at radius 3 is 2.59 bits per heavy atom. The largest absolute Gasteiger partial charge is 0.492 e. The lowest BCUT2D eigenvalue weighted by atomic mass is 10.00. The molecule has 2 aromatic heterocycles. The summed E-state index contributed by atoms with van der Waals surface area (Å²) in [5.41, 5.74) is 8.07. The molecule has 2 aliphatic rings. The van der Waals surface area contributed by atoms with Crippen molar-refractivity contribution in [1.82, 2.24) is 35.3 Å². The number of fused-ring (bicyclic) bond motifs is 3. The molecular weight excluding hydrogens is 567 g/mol. The van der Waals surface area contributed by atoms with Gasteiger partial charge >= 0.3 is 6.03 Å². The Morgan fingerprint density at radius 1 is 1.05 bits per heavy atom. The first kappa shape index (κ1) is 30.1. The molecule has 11 nitrogen and oxygen atoms in total. The maximum absolute atomic E-state index is 13.7. The molecule has 0 saturated carbocycles. The molecule has 0 spiro atoms. The molecule has 13 heteroatoms. The second kappa shape index (κ2) is 12.7. The minimum absolute atomic E-state index is 0. The highest BCUT2D eigenvalue weighted by molar-refractivity contribution is 6.27. The topological polar surface area (TPSA) is 120 Å². The lowest BCUT2D eigenvalue weighted by molar-refractivity contribution is 0.104. The van der Waals surface area contributed by atoms with E-state index < -0.39 is 0 Å². The van der Waals surface area contributed by atoms with Crippen molar-refractivity contribution in [2.75, 3.05) is 45.2 Å². The van der Waals surface area contributed by atoms with E-state index in [9.17, 15) is 9.59 Å². The molecule has 0 unspecified atom stereocenters. The molecule has 0 radical (unpaired) electrons. The molecule has 0 bridgehead atoms. The molecule has 0 atom stereocenters. The van der Waals surface area contributed by atoms with E-state index in [1.54, 1.807) is 12.3 Å². The summed E-state index contributed by atoms with van der Waals surface area (Å²) in [4.78, 5) is 28.7. The Kier molecular flexibility index (Phi) is 9.34. The number of ether oxygens (including phenoxy) is 1. The summed E-state index contributed by atoms with van der Waals surface area (Å²) in [7, 11) is 2.06. The van der Waals surface area contributed by atoms with Crippen molar-refractivity contribution in [3.05, 3.63) is 71.5 Å². The molecule has 1 fully saturated rings. The lowest BCUT2D eigenvalue weighted by Gasteiger charge is -2.32. The number of carbonyl (C=O) groups is 2. The van der Waals surface area contributed by atoms with Crippen molar-refractivity contribution in [1.29, 1.82) is 0 Å². The van der Waals surface area contributed by atoms with E-state index in [0.717, 1.165) is 43.1 Å². The summed E-state index contributed by atoms with van der Waals surface area (Å²) in [5, 5.41) is 16.5. The number of halogens is 2. The van der Waals surface area contributed by atoms with Crippen molar-refractivity contribution in [3.8, 4) is 28.3 Å². The van der Waals surface area contributed by atoms with Crippen LogP contribution in [0.5, 0.6) is 5.75 Å². The molecule has 1 aliphatic heterocycles. The van der Waals surface area contributed by atoms with Crippen molar-refractivity contribution < 1.29 is 14.3 Å². The monoisotopic (exact) mass is 598 g/mol. The second-order valence-corrected chi connectivity index (χ2v) is 9.83. The quantitative estimate of drug-likeness (QED) is 0.259. The molecule has 216 valence electrons. The molecule has 2 aromatic carbocycles. The van der Waals surface area contributed by atoms with Crippen molar-refractivity contribution in [2.45, 2.75) is 13.5 Å². The number of amides is 2. The Morgan fingerprint density at radius 2 is 1.85 bits per heavy atom. The van der Waals surface area contributed by atoms with Gasteiger partial charge in [0, 0.05) is 49.7 Å². The number of hydrazine groups is 1. The number of anilines is 1. The normalized spacial score (nSPS) is 14.4. The number of nitrogens with zero attached hydrogens (tertiary/aromatic N) is 5. The summed E-state index contributed by atoms with van der Waals surface area (Å²) in [6.07, 6.45) is 3.64. The summed E-state index contributed by atoms with van der Waals surface area (Å²) in [6.45, 7) is 6.35. The van der Waals surface area contributed by atoms with E-state index in [2.05, 4.69) is 38.0 Å². The second-order valence-electron chi connectivity index (χ2n) is 9.83. The molecule has 4 aromatic rings. The first-order valence-electron chi connectivity index (χ1n) is 13.0. The van der Waals surface area contributed by atoms with Gasteiger partial charge in [0.1, 0.15) is 18.1 Å². The first-order valence-corrected chi connectivity index (χ1v) is 13.0. The number of hydrogen-bond donors (Lipinski definition) is 3. The predicted molar refractivity (Wildman–Crippen MR) is 161 cm³/mol. The Bertz CT molecular complexity index is 1530. The van der Waals surface area contributed by atoms with Crippen LogP contribution in [0.15, 0.2) is 54.9 Å². The molecule has 3 N–H and O–H groups in total. The fraction of sp³-hybridized carbons (Fsp3) is 0.286. The summed E-state index contributed by atoms with van der Waals surface area (Å²) in [5.74, 6) is 0.574. The van der Waals surface area contributed by atoms with Gasteiger partial charge < -0.3 is 15.0 Å². The molecule has 1 aliphatic carbocycles. The number of carbonyl (C=O) groups excluding carboxylic acids is 2. The molecule has 41 heavy (non-hydrogen) atoms. The number of aromatic amines is 1. The van der Waals surface area contributed by atoms with E-state index >= 15 is 0 Å². The molecule has 6 rings (SSSR count). The van der Waals surface area contributed by atoms with Crippen LogP contribution in [0, 0.1) is 6.92 Å². The summed E-state index contributed by atoms with van der Waals surface area (Å²) in [6, 6.07) is 12.7. The fourth-order valence-electron chi connectivity index (χ4n) is 5.08. The number of H-pyrrole nitrogens is 1. The van der Waals surface area contributed by atoms with Gasteiger partial charge in [-0.3, -0.25) is 20.0 Å². The number of aryl methyl sites for hydroxylation is 1. The van der Waals surface area contributed by atoms with Crippen LogP contribution in [-0.4, -0.2) is 81.5 Å². The molecule has 1 saturated heterocycles. The minimum atomic E-state index is -0.369. The Hall–Kier alpha value is -3.90. The molecular formula is C28H32Cl2N8O3. The van der Waals surface area contributed by atoms with E-state index in [-0.39, 0.29) is 36.6 Å². The number of nitrogens with one attached hydrogen (secondary N) is 3. The van der Waals surface area contributed by atoms with Crippen LogP contribution < -0.4 is 15.5 Å². The van der Waals surface area contributed by atoms with Gasteiger partial charge in [-0.2, -0.15) is 10.2 Å². The van der Waals surface area contributed by atoms with E-state index in [1.165, 1.54) is 0 Å². The molecule has 2 amide bonds. The number of urea groups is 1. The summed E-state index contributed by atoms with van der Waals surface area (Å²) < 4.78 is 7.72. The summed E-state index contributed by atoms with van der Waals surface area (Å²) >= 11 is 0. The number of likely N-dealkylation sites (N-methyl/N-ethyl adjacent to an activating group) is 1. The van der Waals surface area contributed by atoms with Crippen molar-refractivity contribution in [2.24, 2.45) is 0 Å². The number of aromatic nitrogens is 4. The number of hydrogen-bond acceptors (Lipinski definition) is 7. The van der Waals surface area contributed by atoms with Crippen LogP contribution in [0.3, 0.4) is 0 Å². The third-order valence-corrected chi connectivity index (χ3v) is 7.17. The number of ketones is 1. The zero-order valence-electron chi connectivity index (χ0n) is 22.7. The maximum atomic E-state index is 13.7. The van der Waals surface area contributed by atoms with E-state index in [1.807, 2.05) is 59.2 Å². The zero-order chi connectivity index (χ0) is 26.9. The Labute approximate surface area is 250 Å². The lowest BCUT2D eigenvalue weighted by Crippen LogP contribution is -2.53. The van der Waals surface area contributed by atoms with E-state index in [4.69, 9.17) is 4.74 Å². The van der Waals surface area contributed by atoms with Crippen LogP contribution in [-0.2, 0) is 6.54 Å². The fourth-order valence-corrected chi connectivity index (χ4v) is 5.08. The van der Waals surface area contributed by atoms with Crippen LogP contribution >= 0.6 is 24.8 Å². The number of rotatable bonds is 7. The highest BCUT2D eigenvalue weighted by atomic mass is 35.5. The third kappa shape index (κ3) is 6.08. The van der Waals surface area contributed by atoms with Gasteiger partial charge in [-0.15, -0.1) is 24.8 Å². The van der Waals surface area contributed by atoms with Gasteiger partial charge in [-0.25, -0.2) is 9.80 Å². The van der Waals surface area contributed by atoms with Crippen LogP contribution in [0.25, 0.3) is 22.5 Å². The van der Waals surface area contributed by atoms with E-state index in [0.29, 0.717) is 46.9 Å². The van der Waals surface area contributed by atoms with Crippen LogP contribution in [0.4, 0.5) is 10.5 Å². The van der Waals surface area contributed by atoms with Gasteiger partial charge in [-0.1, -0.05) is 12.1 Å². The van der Waals surface area contributed by atoms with Gasteiger partial charge in [0.2, 0.25) is 0 Å². The van der Waals surface area contributed by atoms with Crippen molar-refractivity contribution in [3.63, 3.8) is 0 Å². The SMILES string of the molecule is Cc1cc(OCCn2cccn2)ccc1-c1[nH]nc2c1C(=O)c1c(NC(=O)NN3CCN(C)CC3)cccc1-2.Cl.Cl. The highest BCUT2D eigenvalue weighted by Gasteiger charge is 2.35. The minimum Gasteiger partial charge on any atom is -0.492 e. The molecule has 3 heterocycles. The average molecular weight is 600 g/mol. The zero-order valence-corrected chi connectivity index (χ0v) is 24.3. The smallest absolute Gasteiger partial charge is 0.333 e. The van der Waals surface area contributed by atoms with Crippen LogP contribution in [0.2, 0.25) is 0 Å². The van der Waals surface area contributed by atoms with Crippen LogP contribution in [0.1, 0.15) is 21.5 Å². The van der Waals surface area contributed by atoms with Gasteiger partial charge in [0.25, 0.3) is 0 Å². The average Bonchev–Trinajstić information content (AvgIpc) is 3.65. The highest BCUT2D eigenvalue weighted by Crippen LogP contribution is 2.43. The predicted octanol–water partition coefficient (Wildman–Crippen LogP) is 4.00. The third-order valence-electron chi connectivity index (χ3n) is 7.17. The standard InChI is InChI=1S/C28H30N8O3.2ClH/c1-18-17-19(39-16-15-35-10-4-9-29-35)7-8-20(18)25-24-26(32-31-25)21-5-3-6-22(23(21)27(24)37)30-28(38)33-36-13-11-34(2)12-14-36;;/h3-10,17H,11-16H2,1-2H3,(H,31,32)(H2,30,33,38);2*1H. The van der Waals surface area contributed by atoms with Gasteiger partial charge in [-0.05, 0) is 49.9 Å². The maximum Gasteiger partial charge on any atom is 0.333 e. The van der Waals surface area contributed by atoms with Gasteiger partial charge in [0.15, 0.2) is 5.78 Å². The number of benzene rings is 2. The Balaban J connectivity index is 0.00000194. The van der Waals surface area contributed by atoms with Gasteiger partial charge in [0.05, 0.1) is 29.1 Å². The number of piperazine rings is 1.